The molecular weight excluding hydrogens is 430 g/mol. The molecule has 0 spiro atoms. The van der Waals surface area contributed by atoms with Gasteiger partial charge in [0.2, 0.25) is 0 Å². The number of carbonyl (C=O) groups is 3. The Labute approximate surface area is 200 Å². The van der Waals surface area contributed by atoms with Gasteiger partial charge in [0.1, 0.15) is 11.5 Å². The van der Waals surface area contributed by atoms with E-state index in [1.165, 1.54) is 4.90 Å². The van der Waals surface area contributed by atoms with Gasteiger partial charge < -0.3 is 10.1 Å². The molecule has 0 atom stereocenters. The maximum atomic E-state index is 13.0. The highest BCUT2D eigenvalue weighted by molar-refractivity contribution is 6.46. The quantitative estimate of drug-likeness (QED) is 0.663. The van der Waals surface area contributed by atoms with Gasteiger partial charge in [0.15, 0.2) is 0 Å². The molecule has 2 aliphatic rings. The number of rotatable bonds is 7. The van der Waals surface area contributed by atoms with Crippen LogP contribution in [0.15, 0.2) is 59.6 Å². The number of imide groups is 1. The second-order valence-electron chi connectivity index (χ2n) is 9.37. The second-order valence-corrected chi connectivity index (χ2v) is 9.37. The van der Waals surface area contributed by atoms with Crippen molar-refractivity contribution in [2.75, 3.05) is 13.7 Å². The molecule has 0 saturated heterocycles. The number of nitrogens with zero attached hydrogens (tertiary/aromatic N) is 2. The van der Waals surface area contributed by atoms with Crippen LogP contribution in [0.25, 0.3) is 0 Å². The van der Waals surface area contributed by atoms with E-state index in [0.717, 1.165) is 18.4 Å². The highest BCUT2D eigenvalue weighted by Crippen LogP contribution is 2.41. The number of nitrogens with one attached hydrogen (secondary N) is 1. The summed E-state index contributed by atoms with van der Waals surface area (Å²) >= 11 is 0. The Bertz CT molecular complexity index is 1100. The van der Waals surface area contributed by atoms with Crippen molar-refractivity contribution in [3.8, 4) is 5.75 Å². The summed E-state index contributed by atoms with van der Waals surface area (Å²) in [6, 6.07) is 16.7. The van der Waals surface area contributed by atoms with Crippen LogP contribution in [0.4, 0.5) is 4.79 Å². The monoisotopic (exact) mass is 461 g/mol. The predicted molar refractivity (Wildman–Crippen MR) is 130 cm³/mol. The van der Waals surface area contributed by atoms with Gasteiger partial charge in [0.05, 0.1) is 12.7 Å². The summed E-state index contributed by atoms with van der Waals surface area (Å²) in [6.07, 6.45) is 2.81. The van der Waals surface area contributed by atoms with Crippen molar-refractivity contribution >= 4 is 23.6 Å². The number of hydrogen-bond acceptors (Lipinski definition) is 4. The van der Waals surface area contributed by atoms with Crippen LogP contribution in [-0.2, 0) is 10.2 Å². The second kappa shape index (κ2) is 9.79. The van der Waals surface area contributed by atoms with Crippen molar-refractivity contribution < 1.29 is 19.1 Å². The van der Waals surface area contributed by atoms with Crippen molar-refractivity contribution in [2.24, 2.45) is 10.9 Å². The fourth-order valence-corrected chi connectivity index (χ4v) is 5.06. The number of ether oxygens (including phenoxy) is 1. The lowest BCUT2D eigenvalue weighted by Gasteiger charge is -2.42. The van der Waals surface area contributed by atoms with Crippen LogP contribution in [0.5, 0.6) is 5.75 Å². The molecule has 4 rings (SSSR count). The van der Waals surface area contributed by atoms with Crippen molar-refractivity contribution in [3.05, 3.63) is 65.7 Å². The first kappa shape index (κ1) is 23.7. The zero-order valence-corrected chi connectivity index (χ0v) is 19.9. The van der Waals surface area contributed by atoms with E-state index in [9.17, 15) is 14.4 Å². The average Bonchev–Trinajstić information content (AvgIpc) is 3.17. The SMILES string of the molecule is COc1ccccc1C(=O)NCC1(c2ccccc2)CCC(N2C(=O)N=C(C(C)C)C2=O)CC1. The third-order valence-electron chi connectivity index (χ3n) is 7.01. The predicted octanol–water partition coefficient (Wildman–Crippen LogP) is 4.36. The van der Waals surface area contributed by atoms with Gasteiger partial charge >= 0.3 is 6.03 Å². The van der Waals surface area contributed by atoms with Crippen LogP contribution in [-0.4, -0.2) is 48.2 Å². The number of amides is 4. The molecule has 2 aromatic rings. The maximum Gasteiger partial charge on any atom is 0.351 e. The van der Waals surface area contributed by atoms with Crippen molar-refractivity contribution in [2.45, 2.75) is 51.0 Å². The fraction of sp³-hybridized carbons (Fsp3) is 0.407. The zero-order chi connectivity index (χ0) is 24.3. The van der Waals surface area contributed by atoms with Crippen LogP contribution in [0.3, 0.4) is 0 Å². The number of benzene rings is 2. The lowest BCUT2D eigenvalue weighted by Crippen LogP contribution is -2.49. The summed E-state index contributed by atoms with van der Waals surface area (Å²) in [5.74, 6) is -0.000403. The molecule has 0 aromatic heterocycles. The molecule has 1 aliphatic heterocycles. The molecule has 1 saturated carbocycles. The molecule has 1 heterocycles. The molecule has 0 unspecified atom stereocenters. The minimum Gasteiger partial charge on any atom is -0.496 e. The van der Waals surface area contributed by atoms with Crippen molar-refractivity contribution in [3.63, 3.8) is 0 Å². The zero-order valence-electron chi connectivity index (χ0n) is 19.9. The standard InChI is InChI=1S/C27H31N3O4/c1-18(2)23-25(32)30(26(33)29-23)20-13-15-27(16-14-20,19-9-5-4-6-10-19)17-28-24(31)21-11-7-8-12-22(21)34-3/h4-12,18,20H,13-17H2,1-3H3,(H,28,31). The van der Waals surface area contributed by atoms with E-state index in [2.05, 4.69) is 22.4 Å². The van der Waals surface area contributed by atoms with Crippen molar-refractivity contribution in [1.29, 1.82) is 0 Å². The van der Waals surface area contributed by atoms with Gasteiger partial charge in [0.25, 0.3) is 11.8 Å². The minimum atomic E-state index is -0.449. The number of urea groups is 1. The Balaban J connectivity index is 1.51. The molecule has 2 aromatic carbocycles. The topological polar surface area (TPSA) is 88.1 Å². The van der Waals surface area contributed by atoms with E-state index in [1.807, 2.05) is 44.2 Å². The number of aliphatic imine (C=N–C) groups is 1. The van der Waals surface area contributed by atoms with Gasteiger partial charge in [-0.1, -0.05) is 56.3 Å². The van der Waals surface area contributed by atoms with E-state index in [0.29, 0.717) is 36.4 Å². The summed E-state index contributed by atoms with van der Waals surface area (Å²) in [5, 5.41) is 3.12. The number of hydrogen-bond donors (Lipinski definition) is 1. The van der Waals surface area contributed by atoms with Gasteiger partial charge in [-0.25, -0.2) is 4.79 Å². The van der Waals surface area contributed by atoms with Gasteiger partial charge in [-0.2, -0.15) is 4.99 Å². The van der Waals surface area contributed by atoms with E-state index >= 15 is 0 Å². The fourth-order valence-electron chi connectivity index (χ4n) is 5.06. The van der Waals surface area contributed by atoms with E-state index in [-0.39, 0.29) is 29.2 Å². The van der Waals surface area contributed by atoms with Crippen LogP contribution in [0.2, 0.25) is 0 Å². The molecule has 4 amide bonds. The van der Waals surface area contributed by atoms with E-state index in [4.69, 9.17) is 4.74 Å². The van der Waals surface area contributed by atoms with E-state index < -0.39 is 6.03 Å². The Morgan fingerprint density at radius 2 is 1.74 bits per heavy atom. The summed E-state index contributed by atoms with van der Waals surface area (Å²) in [7, 11) is 1.55. The summed E-state index contributed by atoms with van der Waals surface area (Å²) < 4.78 is 5.34. The first-order chi connectivity index (χ1) is 16.4. The average molecular weight is 462 g/mol. The smallest absolute Gasteiger partial charge is 0.351 e. The van der Waals surface area contributed by atoms with Gasteiger partial charge in [-0.3, -0.25) is 14.5 Å². The molecule has 7 nitrogen and oxygen atoms in total. The van der Waals surface area contributed by atoms with Gasteiger partial charge in [-0.05, 0) is 43.4 Å². The first-order valence-electron chi connectivity index (χ1n) is 11.8. The summed E-state index contributed by atoms with van der Waals surface area (Å²) in [4.78, 5) is 43.7. The van der Waals surface area contributed by atoms with Crippen LogP contribution >= 0.6 is 0 Å². The normalized spacial score (nSPS) is 22.6. The highest BCUT2D eigenvalue weighted by atomic mass is 16.5. The lowest BCUT2D eigenvalue weighted by molar-refractivity contribution is -0.123. The highest BCUT2D eigenvalue weighted by Gasteiger charge is 2.44. The summed E-state index contributed by atoms with van der Waals surface area (Å²) in [6.45, 7) is 4.20. The summed E-state index contributed by atoms with van der Waals surface area (Å²) in [5.41, 5.74) is 1.69. The molecule has 7 heteroatoms. The maximum absolute atomic E-state index is 13.0. The number of carbonyl (C=O) groups excluding carboxylic acids is 3. The Morgan fingerprint density at radius 3 is 2.35 bits per heavy atom. The number of methoxy groups -OCH3 is 1. The third kappa shape index (κ3) is 4.47. The van der Waals surface area contributed by atoms with Crippen LogP contribution in [0, 0.1) is 5.92 Å². The third-order valence-corrected chi connectivity index (χ3v) is 7.01. The van der Waals surface area contributed by atoms with Crippen LogP contribution < -0.4 is 10.1 Å². The molecule has 34 heavy (non-hydrogen) atoms. The van der Waals surface area contributed by atoms with Crippen LogP contribution in [0.1, 0.15) is 55.5 Å². The Kier molecular flexibility index (Phi) is 6.82. The van der Waals surface area contributed by atoms with Crippen molar-refractivity contribution in [1.82, 2.24) is 10.2 Å². The van der Waals surface area contributed by atoms with E-state index in [1.54, 1.807) is 19.2 Å². The number of para-hydroxylation sites is 1. The molecule has 1 N–H and O–H groups in total. The Morgan fingerprint density at radius 1 is 1.09 bits per heavy atom. The minimum absolute atomic E-state index is 0.0846. The molecule has 1 fully saturated rings. The Hall–Kier alpha value is -3.48. The molecular formula is C27H31N3O4. The molecule has 0 radical (unpaired) electrons. The lowest BCUT2D eigenvalue weighted by atomic mass is 9.67. The largest absolute Gasteiger partial charge is 0.496 e. The van der Waals surface area contributed by atoms with Gasteiger partial charge in [-0.15, -0.1) is 0 Å². The molecule has 0 bridgehead atoms. The van der Waals surface area contributed by atoms with Gasteiger partial charge in [0, 0.05) is 23.9 Å². The molecule has 178 valence electrons. The molecule has 1 aliphatic carbocycles. The first-order valence-corrected chi connectivity index (χ1v) is 11.8.